The average molecular weight is 479 g/mol. The largest absolute Gasteiger partial charge is 0.323 e. The average Bonchev–Trinajstić information content (AvgIpc) is 3.55. The molecule has 176 valence electrons. The summed E-state index contributed by atoms with van der Waals surface area (Å²) in [6.07, 6.45) is 3.24. The Labute approximate surface area is 197 Å². The van der Waals surface area contributed by atoms with Crippen LogP contribution in [0.15, 0.2) is 58.2 Å². The summed E-state index contributed by atoms with van der Waals surface area (Å²) in [5.74, 6) is 0. The number of sulfonamides is 1. The van der Waals surface area contributed by atoms with Crippen LogP contribution in [0.5, 0.6) is 0 Å². The molecule has 9 nitrogen and oxygen atoms in total. The molecule has 10 heteroatoms. The standard InChI is InChI=1S/C24H26N6O3S/c31-24-25-20-10-9-18(15-21(20)26-24)34(32,33)29-13-11-28(12-14-29)16-22-19-7-4-8-23(19)30(27-22)17-5-2-1-3-6-17/h1-3,5-6,9-10,15H,4,7-8,11-14,16H2,(H2,25,26,31). The molecule has 1 fully saturated rings. The summed E-state index contributed by atoms with van der Waals surface area (Å²) in [6.45, 7) is 2.87. The van der Waals surface area contributed by atoms with E-state index in [-0.39, 0.29) is 10.6 Å². The Morgan fingerprint density at radius 1 is 0.912 bits per heavy atom. The lowest BCUT2D eigenvalue weighted by atomic mass is 10.2. The number of nitrogens with zero attached hydrogens (tertiary/aromatic N) is 4. The molecule has 2 aromatic heterocycles. The van der Waals surface area contributed by atoms with E-state index < -0.39 is 10.0 Å². The van der Waals surface area contributed by atoms with Gasteiger partial charge in [-0.05, 0) is 55.2 Å². The molecule has 1 saturated heterocycles. The second-order valence-electron chi connectivity index (χ2n) is 8.94. The summed E-state index contributed by atoms with van der Waals surface area (Å²) in [5.41, 5.74) is 5.59. The lowest BCUT2D eigenvalue weighted by Crippen LogP contribution is -2.48. The van der Waals surface area contributed by atoms with Crippen molar-refractivity contribution >= 4 is 21.1 Å². The van der Waals surface area contributed by atoms with E-state index in [1.54, 1.807) is 12.1 Å². The number of imidazole rings is 1. The third-order valence-electron chi connectivity index (χ3n) is 6.84. The van der Waals surface area contributed by atoms with Crippen LogP contribution >= 0.6 is 0 Å². The number of rotatable bonds is 5. The number of nitrogens with one attached hydrogen (secondary N) is 2. The molecule has 1 aliphatic carbocycles. The third kappa shape index (κ3) is 3.67. The molecule has 2 aliphatic rings. The van der Waals surface area contributed by atoms with Crippen molar-refractivity contribution in [1.29, 1.82) is 0 Å². The van der Waals surface area contributed by atoms with Crippen molar-refractivity contribution in [1.82, 2.24) is 29.0 Å². The van der Waals surface area contributed by atoms with Crippen molar-refractivity contribution in [3.05, 3.63) is 76.0 Å². The number of piperazine rings is 1. The summed E-state index contributed by atoms with van der Waals surface area (Å²) >= 11 is 0. The number of para-hydroxylation sites is 1. The first-order chi connectivity index (χ1) is 16.5. The highest BCUT2D eigenvalue weighted by Crippen LogP contribution is 2.29. The van der Waals surface area contributed by atoms with Crippen LogP contribution in [0.4, 0.5) is 0 Å². The number of fused-ring (bicyclic) bond motifs is 2. The van der Waals surface area contributed by atoms with Crippen LogP contribution in [0.25, 0.3) is 16.7 Å². The van der Waals surface area contributed by atoms with Crippen LogP contribution in [0, 0.1) is 0 Å². The van der Waals surface area contributed by atoms with Gasteiger partial charge >= 0.3 is 5.69 Å². The van der Waals surface area contributed by atoms with E-state index in [0.29, 0.717) is 37.2 Å². The molecule has 34 heavy (non-hydrogen) atoms. The lowest BCUT2D eigenvalue weighted by molar-refractivity contribution is 0.179. The minimum Gasteiger partial charge on any atom is -0.306 e. The molecule has 0 amide bonds. The molecule has 0 atom stereocenters. The number of aromatic amines is 2. The number of hydrogen-bond acceptors (Lipinski definition) is 5. The first-order valence-corrected chi connectivity index (χ1v) is 13.0. The second-order valence-corrected chi connectivity index (χ2v) is 10.9. The smallest absolute Gasteiger partial charge is 0.306 e. The number of hydrogen-bond donors (Lipinski definition) is 2. The summed E-state index contributed by atoms with van der Waals surface area (Å²) in [5, 5.41) is 4.95. The highest BCUT2D eigenvalue weighted by atomic mass is 32.2. The van der Waals surface area contributed by atoms with Crippen LogP contribution in [0.2, 0.25) is 0 Å². The molecule has 0 unspecified atom stereocenters. The Morgan fingerprint density at radius 2 is 1.68 bits per heavy atom. The van der Waals surface area contributed by atoms with Gasteiger partial charge in [0.2, 0.25) is 10.0 Å². The molecule has 2 aromatic carbocycles. The van der Waals surface area contributed by atoms with Gasteiger partial charge in [0.1, 0.15) is 0 Å². The summed E-state index contributed by atoms with van der Waals surface area (Å²) < 4.78 is 30.0. The Bertz CT molecular complexity index is 1510. The summed E-state index contributed by atoms with van der Waals surface area (Å²) in [4.78, 5) is 19.3. The molecule has 2 N–H and O–H groups in total. The van der Waals surface area contributed by atoms with E-state index in [9.17, 15) is 13.2 Å². The second kappa shape index (κ2) is 8.23. The lowest BCUT2D eigenvalue weighted by Gasteiger charge is -2.33. The van der Waals surface area contributed by atoms with Gasteiger partial charge in [0.05, 0.1) is 27.3 Å². The van der Waals surface area contributed by atoms with E-state index >= 15 is 0 Å². The number of aromatic nitrogens is 4. The monoisotopic (exact) mass is 478 g/mol. The van der Waals surface area contributed by atoms with Crippen molar-refractivity contribution in [2.75, 3.05) is 26.2 Å². The fourth-order valence-electron chi connectivity index (χ4n) is 5.08. The van der Waals surface area contributed by atoms with Crippen LogP contribution in [0.3, 0.4) is 0 Å². The molecule has 0 radical (unpaired) electrons. The maximum absolute atomic E-state index is 13.2. The number of H-pyrrole nitrogens is 2. The molecule has 0 spiro atoms. The first-order valence-electron chi connectivity index (χ1n) is 11.6. The molecule has 1 aliphatic heterocycles. The maximum atomic E-state index is 13.2. The van der Waals surface area contributed by atoms with Gasteiger partial charge in [-0.15, -0.1) is 0 Å². The third-order valence-corrected chi connectivity index (χ3v) is 8.74. The fraction of sp³-hybridized carbons (Fsp3) is 0.333. The predicted octanol–water partition coefficient (Wildman–Crippen LogP) is 2.04. The van der Waals surface area contributed by atoms with Gasteiger partial charge in [-0.25, -0.2) is 17.9 Å². The van der Waals surface area contributed by atoms with Crippen molar-refractivity contribution in [3.8, 4) is 5.69 Å². The summed E-state index contributed by atoms with van der Waals surface area (Å²) in [7, 11) is -3.63. The summed E-state index contributed by atoms with van der Waals surface area (Å²) in [6, 6.07) is 14.9. The Hall–Kier alpha value is -3.21. The zero-order valence-electron chi connectivity index (χ0n) is 18.7. The fourth-order valence-corrected chi connectivity index (χ4v) is 6.53. The minimum absolute atomic E-state index is 0.197. The van der Waals surface area contributed by atoms with Crippen LogP contribution in [-0.4, -0.2) is 63.6 Å². The molecule has 6 rings (SSSR count). The molecule has 3 heterocycles. The highest BCUT2D eigenvalue weighted by molar-refractivity contribution is 7.89. The van der Waals surface area contributed by atoms with Gasteiger partial charge in [0.25, 0.3) is 0 Å². The first kappa shape index (κ1) is 21.3. The minimum atomic E-state index is -3.63. The maximum Gasteiger partial charge on any atom is 0.323 e. The normalized spacial score (nSPS) is 17.4. The molecule has 0 saturated carbocycles. The number of benzene rings is 2. The van der Waals surface area contributed by atoms with Crippen LogP contribution < -0.4 is 5.69 Å². The molecule has 4 aromatic rings. The van der Waals surface area contributed by atoms with Crippen molar-refractivity contribution in [3.63, 3.8) is 0 Å². The molecular formula is C24H26N6O3S. The van der Waals surface area contributed by atoms with Crippen LogP contribution in [-0.2, 0) is 29.4 Å². The topological polar surface area (TPSA) is 107 Å². The quantitative estimate of drug-likeness (QED) is 0.457. The van der Waals surface area contributed by atoms with E-state index in [1.165, 1.54) is 21.6 Å². The zero-order valence-corrected chi connectivity index (χ0v) is 19.5. The SMILES string of the molecule is O=c1[nH]c2ccc(S(=O)(=O)N3CCN(Cc4nn(-c5ccccc5)c5c4CCC5)CC3)cc2[nH]1. The van der Waals surface area contributed by atoms with Crippen molar-refractivity contribution in [2.45, 2.75) is 30.7 Å². The van der Waals surface area contributed by atoms with E-state index in [2.05, 4.69) is 31.7 Å². The van der Waals surface area contributed by atoms with Gasteiger partial charge in [0.15, 0.2) is 0 Å². The van der Waals surface area contributed by atoms with Crippen molar-refractivity contribution in [2.24, 2.45) is 0 Å². The Balaban J connectivity index is 1.17. The van der Waals surface area contributed by atoms with Crippen LogP contribution in [0.1, 0.15) is 23.4 Å². The van der Waals surface area contributed by atoms with E-state index in [1.807, 2.05) is 18.2 Å². The van der Waals surface area contributed by atoms with Gasteiger partial charge in [0, 0.05) is 38.4 Å². The Kier molecular flexibility index (Phi) is 5.16. The van der Waals surface area contributed by atoms with Gasteiger partial charge in [-0.2, -0.15) is 9.40 Å². The molecule has 0 bridgehead atoms. The van der Waals surface area contributed by atoms with Crippen molar-refractivity contribution < 1.29 is 8.42 Å². The van der Waals surface area contributed by atoms with Gasteiger partial charge in [-0.1, -0.05) is 18.2 Å². The predicted molar refractivity (Wildman–Crippen MR) is 129 cm³/mol. The van der Waals surface area contributed by atoms with Gasteiger partial charge in [-0.3, -0.25) is 4.90 Å². The highest BCUT2D eigenvalue weighted by Gasteiger charge is 2.30. The van der Waals surface area contributed by atoms with E-state index in [4.69, 9.17) is 5.10 Å². The zero-order chi connectivity index (χ0) is 23.3. The van der Waals surface area contributed by atoms with Gasteiger partial charge < -0.3 is 9.97 Å². The van der Waals surface area contributed by atoms with E-state index in [0.717, 1.165) is 37.2 Å². The molecular weight excluding hydrogens is 452 g/mol. The Morgan fingerprint density at radius 3 is 2.47 bits per heavy atom.